The van der Waals surface area contributed by atoms with Crippen molar-refractivity contribution in [2.75, 3.05) is 13.2 Å². The van der Waals surface area contributed by atoms with Gasteiger partial charge in [-0.15, -0.1) is 0 Å². The number of rotatable bonds is 8. The molecule has 31 heavy (non-hydrogen) atoms. The van der Waals surface area contributed by atoms with E-state index in [0.717, 1.165) is 17.4 Å². The van der Waals surface area contributed by atoms with E-state index in [4.69, 9.17) is 9.47 Å². The van der Waals surface area contributed by atoms with Gasteiger partial charge in [0, 0.05) is 6.54 Å². The van der Waals surface area contributed by atoms with Gasteiger partial charge in [-0.05, 0) is 49.5 Å². The molecule has 0 radical (unpaired) electrons. The van der Waals surface area contributed by atoms with Crippen LogP contribution in [0.4, 0.5) is 0 Å². The molecule has 4 rings (SSSR count). The number of fused-ring (bicyclic) bond motifs is 2. The minimum atomic E-state index is -0.578. The second-order valence-electron chi connectivity index (χ2n) is 8.99. The van der Waals surface area contributed by atoms with Gasteiger partial charge < -0.3 is 14.8 Å². The first-order valence-corrected chi connectivity index (χ1v) is 11.2. The number of aromatic nitrogens is 2. The van der Waals surface area contributed by atoms with Gasteiger partial charge in [0.2, 0.25) is 11.8 Å². The van der Waals surface area contributed by atoms with E-state index in [2.05, 4.69) is 15.3 Å². The molecule has 1 aromatic carbocycles. The molecule has 2 saturated carbocycles. The fraction of sp³-hybridized carbons (Fsp3) is 0.542. The van der Waals surface area contributed by atoms with Crippen LogP contribution in [0.5, 0.6) is 11.8 Å². The summed E-state index contributed by atoms with van der Waals surface area (Å²) in [5, 5.41) is 2.98. The topological polar surface area (TPSA) is 93.3 Å². The van der Waals surface area contributed by atoms with Crippen LogP contribution in [0.3, 0.4) is 0 Å². The highest BCUT2D eigenvalue weighted by Crippen LogP contribution is 2.42. The maximum Gasteiger partial charge on any atom is 0.351 e. The van der Waals surface area contributed by atoms with Crippen molar-refractivity contribution in [3.63, 3.8) is 0 Å². The number of H-pyrrole nitrogens is 1. The molecule has 2 aliphatic carbocycles. The van der Waals surface area contributed by atoms with Crippen molar-refractivity contribution >= 4 is 5.91 Å². The summed E-state index contributed by atoms with van der Waals surface area (Å²) in [4.78, 5) is 30.3. The van der Waals surface area contributed by atoms with Gasteiger partial charge in [0.05, 0.1) is 6.07 Å². The molecule has 1 aromatic heterocycles. The van der Waals surface area contributed by atoms with Crippen LogP contribution in [-0.4, -0.2) is 29.0 Å². The normalized spacial score (nSPS) is 22.5. The van der Waals surface area contributed by atoms with Crippen LogP contribution >= 0.6 is 0 Å². The zero-order chi connectivity index (χ0) is 21.6. The van der Waals surface area contributed by atoms with Crippen molar-refractivity contribution < 1.29 is 14.3 Å². The van der Waals surface area contributed by atoms with E-state index in [0.29, 0.717) is 19.1 Å². The lowest BCUT2D eigenvalue weighted by Gasteiger charge is -2.39. The van der Waals surface area contributed by atoms with Crippen LogP contribution < -0.4 is 20.5 Å². The van der Waals surface area contributed by atoms with Gasteiger partial charge in [0.25, 0.3) is 5.91 Å². The number of carbonyl (C=O) groups excluding carboxylic acids is 1. The molecule has 2 atom stereocenters. The predicted octanol–water partition coefficient (Wildman–Crippen LogP) is 3.37. The number of benzene rings is 1. The lowest BCUT2D eigenvalue weighted by molar-refractivity contribution is -0.123. The second-order valence-corrected chi connectivity index (χ2v) is 8.99. The number of carbonyl (C=O) groups is 1. The number of hydrogen-bond donors (Lipinski definition) is 2. The highest BCUT2D eigenvalue weighted by Gasteiger charge is 2.31. The van der Waals surface area contributed by atoms with E-state index < -0.39 is 5.69 Å². The predicted molar refractivity (Wildman–Crippen MR) is 117 cm³/mol. The first kappa shape index (κ1) is 21.4. The Kier molecular flexibility index (Phi) is 6.89. The summed E-state index contributed by atoms with van der Waals surface area (Å²) in [6, 6.07) is 9.43. The highest BCUT2D eigenvalue weighted by molar-refractivity contribution is 5.77. The molecule has 7 nitrogen and oxygen atoms in total. The van der Waals surface area contributed by atoms with Crippen molar-refractivity contribution in [1.29, 1.82) is 0 Å². The molecule has 0 spiro atoms. The van der Waals surface area contributed by atoms with E-state index in [1.165, 1.54) is 50.2 Å². The average Bonchev–Trinajstić information content (AvgIpc) is 2.75. The number of nitrogens with zero attached hydrogens (tertiary/aromatic N) is 1. The lowest BCUT2D eigenvalue weighted by atomic mass is 9.68. The first-order valence-electron chi connectivity index (χ1n) is 11.2. The first-order chi connectivity index (χ1) is 15.0. The van der Waals surface area contributed by atoms with E-state index in [1.807, 2.05) is 31.2 Å². The third-order valence-corrected chi connectivity index (χ3v) is 6.38. The molecule has 2 unspecified atom stereocenters. The Morgan fingerprint density at radius 2 is 1.87 bits per heavy atom. The number of hydrogen-bond acceptors (Lipinski definition) is 5. The number of aromatic amines is 1. The Balaban J connectivity index is 1.23. The van der Waals surface area contributed by atoms with E-state index in [-0.39, 0.29) is 24.3 Å². The molecule has 166 valence electrons. The summed E-state index contributed by atoms with van der Waals surface area (Å²) in [6.45, 7) is 2.85. The van der Waals surface area contributed by atoms with Crippen molar-refractivity contribution in [3.8, 4) is 11.8 Å². The summed E-state index contributed by atoms with van der Waals surface area (Å²) >= 11 is 0. The van der Waals surface area contributed by atoms with Gasteiger partial charge in [-0.3, -0.25) is 9.78 Å². The Bertz CT molecular complexity index is 929. The molecule has 0 saturated heterocycles. The molecule has 2 bridgehead atoms. The number of nitrogens with one attached hydrogen (secondary N) is 2. The quantitative estimate of drug-likeness (QED) is 0.676. The summed E-state index contributed by atoms with van der Waals surface area (Å²) in [5.41, 5.74) is 1.57. The third-order valence-electron chi connectivity index (χ3n) is 6.38. The summed E-state index contributed by atoms with van der Waals surface area (Å²) in [5.74, 6) is 2.37. The Morgan fingerprint density at radius 3 is 2.61 bits per heavy atom. The summed E-state index contributed by atoms with van der Waals surface area (Å²) in [7, 11) is 0. The molecule has 2 aromatic rings. The van der Waals surface area contributed by atoms with Gasteiger partial charge in [0.15, 0.2) is 6.61 Å². The van der Waals surface area contributed by atoms with Gasteiger partial charge in [-0.2, -0.15) is 4.98 Å². The van der Waals surface area contributed by atoms with E-state index in [9.17, 15) is 9.59 Å². The average molecular weight is 426 g/mol. The Labute approximate surface area is 182 Å². The minimum Gasteiger partial charge on any atom is -0.474 e. The van der Waals surface area contributed by atoms with Crippen LogP contribution in [-0.2, 0) is 11.4 Å². The molecular weight excluding hydrogens is 394 g/mol. The molecular formula is C24H31N3O4. The van der Waals surface area contributed by atoms with Crippen molar-refractivity contribution in [1.82, 2.24) is 15.3 Å². The SMILES string of the molecule is Cc1ccc(COc2cc(OCC(=O)NCC3CC4CCCC(C4)C3)nc(=O)[nH]2)cc1. The van der Waals surface area contributed by atoms with Crippen LogP contribution in [0.15, 0.2) is 35.1 Å². The van der Waals surface area contributed by atoms with E-state index >= 15 is 0 Å². The largest absolute Gasteiger partial charge is 0.474 e. The Morgan fingerprint density at radius 1 is 1.13 bits per heavy atom. The fourth-order valence-corrected chi connectivity index (χ4v) is 4.90. The maximum atomic E-state index is 12.2. The third kappa shape index (κ3) is 6.32. The van der Waals surface area contributed by atoms with Gasteiger partial charge in [-0.1, -0.05) is 49.1 Å². The van der Waals surface area contributed by atoms with Crippen molar-refractivity contribution in [2.45, 2.75) is 52.1 Å². The molecule has 2 aliphatic rings. The molecule has 2 fully saturated rings. The number of amides is 1. The molecule has 7 heteroatoms. The van der Waals surface area contributed by atoms with Gasteiger partial charge >= 0.3 is 5.69 Å². The van der Waals surface area contributed by atoms with E-state index in [1.54, 1.807) is 0 Å². The summed E-state index contributed by atoms with van der Waals surface area (Å²) < 4.78 is 11.1. The van der Waals surface area contributed by atoms with Crippen LogP contribution in [0, 0.1) is 24.7 Å². The highest BCUT2D eigenvalue weighted by atomic mass is 16.5. The van der Waals surface area contributed by atoms with Crippen LogP contribution in [0.1, 0.15) is 49.7 Å². The number of aryl methyl sites for hydroxylation is 1. The number of ether oxygens (including phenoxy) is 2. The zero-order valence-corrected chi connectivity index (χ0v) is 18.1. The standard InChI is InChI=1S/C24H31N3O4/c1-16-5-7-17(8-6-16)14-30-22-12-23(27-24(29)26-22)31-15-21(28)25-13-20-10-18-3-2-4-19(9-18)11-20/h5-8,12,18-20H,2-4,9-11,13-15H2,1H3,(H,25,28)(H,26,27,29). The molecule has 1 amide bonds. The van der Waals surface area contributed by atoms with Gasteiger partial charge in [-0.25, -0.2) is 4.79 Å². The van der Waals surface area contributed by atoms with Crippen molar-refractivity contribution in [2.24, 2.45) is 17.8 Å². The molecule has 0 aliphatic heterocycles. The molecule has 2 N–H and O–H groups in total. The Hall–Kier alpha value is -2.83. The maximum absolute atomic E-state index is 12.2. The van der Waals surface area contributed by atoms with Crippen LogP contribution in [0.2, 0.25) is 0 Å². The van der Waals surface area contributed by atoms with Crippen molar-refractivity contribution in [3.05, 3.63) is 51.9 Å². The second kappa shape index (κ2) is 9.98. The zero-order valence-electron chi connectivity index (χ0n) is 18.1. The monoisotopic (exact) mass is 425 g/mol. The summed E-state index contributed by atoms with van der Waals surface area (Å²) in [6.07, 6.45) is 7.85. The fourth-order valence-electron chi connectivity index (χ4n) is 4.90. The van der Waals surface area contributed by atoms with Crippen LogP contribution in [0.25, 0.3) is 0 Å². The minimum absolute atomic E-state index is 0.0741. The van der Waals surface area contributed by atoms with Gasteiger partial charge in [0.1, 0.15) is 6.61 Å². The molecule has 1 heterocycles. The smallest absolute Gasteiger partial charge is 0.351 e. The lowest BCUT2D eigenvalue weighted by Crippen LogP contribution is -2.37.